The van der Waals surface area contributed by atoms with Gasteiger partial charge in [-0.25, -0.2) is 9.03 Å². The van der Waals surface area contributed by atoms with Crippen LogP contribution in [0.2, 0.25) is 0 Å². The van der Waals surface area contributed by atoms with E-state index in [2.05, 4.69) is 48.1 Å². The Balaban J connectivity index is 0.000000212. The van der Waals surface area contributed by atoms with Crippen molar-refractivity contribution in [2.75, 3.05) is 37.2 Å². The first-order chi connectivity index (χ1) is 16.9. The Morgan fingerprint density at radius 3 is 1.97 bits per heavy atom. The lowest BCUT2D eigenvalue weighted by Gasteiger charge is -2.06. The molecule has 0 radical (unpaired) electrons. The number of ether oxygens (including phenoxy) is 1. The second-order valence-corrected chi connectivity index (χ2v) is 10.2. The Bertz CT molecular complexity index is 1350. The molecule has 0 bridgehead atoms. The van der Waals surface area contributed by atoms with E-state index in [1.807, 2.05) is 24.6 Å². The minimum absolute atomic E-state index is 0.104. The molecule has 35 heavy (non-hydrogen) atoms. The topological polar surface area (TPSA) is 132 Å². The molecule has 4 aromatic rings. The van der Waals surface area contributed by atoms with Crippen LogP contribution in [0.1, 0.15) is 11.1 Å². The number of rotatable bonds is 6. The normalized spacial score (nSPS) is 10.0. The van der Waals surface area contributed by atoms with Gasteiger partial charge in [-0.05, 0) is 56.5 Å². The van der Waals surface area contributed by atoms with E-state index in [1.165, 1.54) is 23.0 Å². The minimum Gasteiger partial charge on any atom is -0.506 e. The van der Waals surface area contributed by atoms with E-state index < -0.39 is 0 Å². The van der Waals surface area contributed by atoms with E-state index in [1.54, 1.807) is 40.4 Å². The van der Waals surface area contributed by atoms with Crippen LogP contribution in [0.15, 0.2) is 45.9 Å². The molecule has 184 valence electrons. The molecular weight excluding hydrogens is 620 g/mol. The van der Waals surface area contributed by atoms with E-state index in [0.717, 1.165) is 27.2 Å². The minimum atomic E-state index is 0.104. The second kappa shape index (κ2) is 14.9. The fourth-order valence-corrected chi connectivity index (χ4v) is 4.37. The summed E-state index contributed by atoms with van der Waals surface area (Å²) in [5, 5.41) is 43.0. The van der Waals surface area contributed by atoms with Crippen molar-refractivity contribution in [3.63, 3.8) is 0 Å². The Labute approximate surface area is 228 Å². The fraction of sp³-hybridized carbons (Fsp3) is 0.273. The summed E-state index contributed by atoms with van der Waals surface area (Å²) in [6.07, 6.45) is 10.2. The van der Waals surface area contributed by atoms with Crippen LogP contribution in [-0.2, 0) is 0 Å². The lowest BCUT2D eigenvalue weighted by molar-refractivity contribution is 0.322. The van der Waals surface area contributed by atoms with Gasteiger partial charge in [0.25, 0.3) is 0 Å². The predicted octanol–water partition coefficient (Wildman–Crippen LogP) is 4.73. The maximum atomic E-state index is 9.22. The molecule has 0 saturated heterocycles. The molecule has 0 spiro atoms. The molecule has 4 heterocycles. The molecule has 0 fully saturated rings. The third-order valence-electron chi connectivity index (χ3n) is 4.18. The summed E-state index contributed by atoms with van der Waals surface area (Å²) in [6.45, 7) is 0.965. The van der Waals surface area contributed by atoms with Crippen LogP contribution < -0.4 is 4.74 Å². The highest BCUT2D eigenvalue weighted by atomic mass is 79.9. The molecular formula is C22H22Br2N6O3S2. The zero-order valence-electron chi connectivity index (χ0n) is 18.9. The number of pyridine rings is 2. The number of nitrogens with zero attached hydrogens (tertiary/aromatic N) is 6. The second-order valence-electron chi connectivity index (χ2n) is 6.55. The molecule has 0 aliphatic carbocycles. The van der Waals surface area contributed by atoms with Crippen LogP contribution in [0.25, 0.3) is 11.0 Å². The van der Waals surface area contributed by atoms with Gasteiger partial charge in [0, 0.05) is 20.5 Å². The van der Waals surface area contributed by atoms with Crippen molar-refractivity contribution < 1.29 is 14.9 Å². The zero-order valence-corrected chi connectivity index (χ0v) is 23.7. The van der Waals surface area contributed by atoms with Crippen LogP contribution in [0, 0.1) is 22.7 Å². The summed E-state index contributed by atoms with van der Waals surface area (Å²) in [4.78, 5) is 0. The first-order valence-electron chi connectivity index (χ1n) is 9.94. The van der Waals surface area contributed by atoms with Crippen LogP contribution in [0.4, 0.5) is 0 Å². The lowest BCUT2D eigenvalue weighted by atomic mass is 10.3. The van der Waals surface area contributed by atoms with E-state index in [4.69, 9.17) is 20.4 Å². The van der Waals surface area contributed by atoms with Gasteiger partial charge in [0.15, 0.2) is 0 Å². The Morgan fingerprint density at radius 2 is 1.49 bits per heavy atom. The molecule has 4 rings (SSSR count). The molecule has 0 aliphatic rings. The van der Waals surface area contributed by atoms with Crippen molar-refractivity contribution in [1.29, 1.82) is 10.5 Å². The highest BCUT2D eigenvalue weighted by Crippen LogP contribution is 2.26. The van der Waals surface area contributed by atoms with Crippen molar-refractivity contribution in [2.45, 2.75) is 0 Å². The zero-order chi connectivity index (χ0) is 25.8. The summed E-state index contributed by atoms with van der Waals surface area (Å²) in [6, 6.07) is 7.51. The van der Waals surface area contributed by atoms with Crippen molar-refractivity contribution >= 4 is 66.4 Å². The molecule has 0 unspecified atom stereocenters. The van der Waals surface area contributed by atoms with Crippen LogP contribution in [0.5, 0.6) is 11.5 Å². The molecule has 4 aromatic heterocycles. The molecule has 0 atom stereocenters. The van der Waals surface area contributed by atoms with Gasteiger partial charge in [-0.15, -0.1) is 0 Å². The first kappa shape index (κ1) is 28.8. The molecule has 0 aliphatic heterocycles. The molecule has 2 N–H and O–H groups in total. The van der Waals surface area contributed by atoms with Crippen LogP contribution in [0.3, 0.4) is 0 Å². The number of hydrogen-bond donors (Lipinski definition) is 2. The largest absolute Gasteiger partial charge is 0.506 e. The van der Waals surface area contributed by atoms with Crippen LogP contribution >= 0.6 is 55.4 Å². The van der Waals surface area contributed by atoms with Gasteiger partial charge in [0.2, 0.25) is 0 Å². The van der Waals surface area contributed by atoms with Gasteiger partial charge in [-0.1, -0.05) is 0 Å². The van der Waals surface area contributed by atoms with Gasteiger partial charge in [-0.2, -0.15) is 44.2 Å². The maximum absolute atomic E-state index is 9.22. The average Bonchev–Trinajstić information content (AvgIpc) is 3.45. The predicted molar refractivity (Wildman–Crippen MR) is 146 cm³/mol. The van der Waals surface area contributed by atoms with E-state index in [-0.39, 0.29) is 5.75 Å². The number of aliphatic hydroxyl groups is 1. The lowest BCUT2D eigenvalue weighted by Crippen LogP contribution is -2.01. The van der Waals surface area contributed by atoms with Gasteiger partial charge in [0.05, 0.1) is 60.2 Å². The highest BCUT2D eigenvalue weighted by Gasteiger charge is 2.10. The standard InChI is InChI=1S/C11H10BrN3OS.C8H4BrN3O.C3H8OS/c1-17-3-2-16-9-4-10(12)11-8(5-13)6-14-15(11)7-9;9-7-1-6(13)4-12-8(7)5(2-10)3-11-12;1-5-3-2-4/h4,6-7H,2-3H2,1H3;1,3-4,13H;4H,2-3H2,1H3. The number of aromatic nitrogens is 4. The van der Waals surface area contributed by atoms with Gasteiger partial charge >= 0.3 is 0 Å². The molecule has 13 heteroatoms. The molecule has 0 amide bonds. The molecule has 0 saturated carbocycles. The van der Waals surface area contributed by atoms with Crippen molar-refractivity contribution in [1.82, 2.24) is 19.2 Å². The van der Waals surface area contributed by atoms with E-state index >= 15 is 0 Å². The van der Waals surface area contributed by atoms with Gasteiger partial charge < -0.3 is 14.9 Å². The first-order valence-corrected chi connectivity index (χ1v) is 14.3. The molecule has 0 aromatic carbocycles. The third kappa shape index (κ3) is 8.05. The average molecular weight is 642 g/mol. The van der Waals surface area contributed by atoms with E-state index in [9.17, 15) is 5.11 Å². The van der Waals surface area contributed by atoms with Crippen molar-refractivity contribution in [3.05, 3.63) is 57.0 Å². The smallest absolute Gasteiger partial charge is 0.138 e. The Morgan fingerprint density at radius 1 is 0.943 bits per heavy atom. The number of halogens is 2. The summed E-state index contributed by atoms with van der Waals surface area (Å²) in [5.74, 6) is 2.65. The number of thioether (sulfide) groups is 2. The Hall–Kier alpha value is -2.42. The SMILES string of the molecule is CSCCO.CSCCOc1cc(Br)c2c(C#N)cnn2c1.N#Cc1cnn2cc(O)cc(Br)c12. The molecule has 9 nitrogen and oxygen atoms in total. The van der Waals surface area contributed by atoms with Crippen molar-refractivity contribution in [2.24, 2.45) is 0 Å². The van der Waals surface area contributed by atoms with Crippen LogP contribution in [-0.4, -0.2) is 66.7 Å². The fourth-order valence-electron chi connectivity index (χ4n) is 2.68. The summed E-state index contributed by atoms with van der Waals surface area (Å²) in [5.41, 5.74) is 2.46. The van der Waals surface area contributed by atoms with Gasteiger partial charge in [-0.3, -0.25) is 0 Å². The number of hydrogen-bond acceptors (Lipinski definition) is 9. The van der Waals surface area contributed by atoms with Gasteiger partial charge in [0.1, 0.15) is 23.6 Å². The summed E-state index contributed by atoms with van der Waals surface area (Å²) in [7, 11) is 0. The monoisotopic (exact) mass is 640 g/mol. The third-order valence-corrected chi connectivity index (χ3v) is 6.56. The highest BCUT2D eigenvalue weighted by molar-refractivity contribution is 9.11. The number of nitriles is 2. The Kier molecular flexibility index (Phi) is 12.2. The maximum Gasteiger partial charge on any atom is 0.138 e. The van der Waals surface area contributed by atoms with Crippen molar-refractivity contribution in [3.8, 4) is 23.6 Å². The van der Waals surface area contributed by atoms with E-state index in [0.29, 0.717) is 34.3 Å². The number of fused-ring (bicyclic) bond motifs is 2. The summed E-state index contributed by atoms with van der Waals surface area (Å²) < 4.78 is 10.2. The quantitative estimate of drug-likeness (QED) is 0.287. The number of aliphatic hydroxyl groups excluding tert-OH is 1. The summed E-state index contributed by atoms with van der Waals surface area (Å²) >= 11 is 10.1. The number of aromatic hydroxyl groups is 1.